The van der Waals surface area contributed by atoms with Gasteiger partial charge in [0.05, 0.1) is 12.6 Å². The quantitative estimate of drug-likeness (QED) is 0.829. The predicted molar refractivity (Wildman–Crippen MR) is 98.4 cm³/mol. The average molecular weight is 354 g/mol. The van der Waals surface area contributed by atoms with Crippen molar-refractivity contribution in [3.63, 3.8) is 0 Å². The van der Waals surface area contributed by atoms with E-state index in [0.29, 0.717) is 25.3 Å². The third-order valence-electron chi connectivity index (χ3n) is 4.06. The number of hydrogen-bond acceptors (Lipinski definition) is 4. The van der Waals surface area contributed by atoms with Crippen LogP contribution >= 0.6 is 0 Å². The van der Waals surface area contributed by atoms with E-state index in [1.807, 2.05) is 37.3 Å². The second kappa shape index (κ2) is 8.38. The first-order chi connectivity index (χ1) is 12.7. The van der Waals surface area contributed by atoms with Crippen molar-refractivity contribution >= 4 is 17.5 Å². The Morgan fingerprint density at radius 3 is 2.38 bits per heavy atom. The van der Waals surface area contributed by atoms with Gasteiger partial charge < -0.3 is 19.7 Å². The molecule has 0 radical (unpaired) electrons. The molecule has 2 amide bonds. The standard InChI is InChI=1S/C20H22N2O4/c1-2-25-17-8-10-18(11-9-17)26-14-19(23)21-15-12-20(24)22(13-15)16-6-4-3-5-7-16/h3-11,15H,2,12-14H2,1H3,(H,21,23)/t15-/m1/s1. The fourth-order valence-corrected chi connectivity index (χ4v) is 2.88. The summed E-state index contributed by atoms with van der Waals surface area (Å²) >= 11 is 0. The van der Waals surface area contributed by atoms with Gasteiger partial charge in [-0.3, -0.25) is 9.59 Å². The van der Waals surface area contributed by atoms with Crippen molar-refractivity contribution < 1.29 is 19.1 Å². The van der Waals surface area contributed by atoms with Gasteiger partial charge in [-0.05, 0) is 43.3 Å². The van der Waals surface area contributed by atoms with Crippen LogP contribution in [0, 0.1) is 0 Å². The van der Waals surface area contributed by atoms with E-state index < -0.39 is 0 Å². The topological polar surface area (TPSA) is 67.9 Å². The zero-order valence-electron chi connectivity index (χ0n) is 14.7. The normalized spacial score (nSPS) is 16.4. The molecular weight excluding hydrogens is 332 g/mol. The predicted octanol–water partition coefficient (Wildman–Crippen LogP) is 2.39. The second-order valence-corrected chi connectivity index (χ2v) is 6.00. The number of hydrogen-bond donors (Lipinski definition) is 1. The Labute approximate surface area is 152 Å². The first-order valence-electron chi connectivity index (χ1n) is 8.66. The monoisotopic (exact) mass is 354 g/mol. The molecule has 2 aromatic rings. The Morgan fingerprint density at radius 2 is 1.73 bits per heavy atom. The molecule has 1 atom stereocenters. The van der Waals surface area contributed by atoms with Crippen LogP contribution < -0.4 is 19.7 Å². The number of nitrogens with zero attached hydrogens (tertiary/aromatic N) is 1. The second-order valence-electron chi connectivity index (χ2n) is 6.00. The molecule has 3 rings (SSSR count). The third kappa shape index (κ3) is 4.53. The third-order valence-corrected chi connectivity index (χ3v) is 4.06. The number of carbonyl (C=O) groups is 2. The molecule has 1 aliphatic heterocycles. The molecule has 0 unspecified atom stereocenters. The van der Waals surface area contributed by atoms with Crippen molar-refractivity contribution in [2.24, 2.45) is 0 Å². The molecule has 6 nitrogen and oxygen atoms in total. The van der Waals surface area contributed by atoms with Crippen LogP contribution in [0.5, 0.6) is 11.5 Å². The highest BCUT2D eigenvalue weighted by Gasteiger charge is 2.31. The number of nitrogens with one attached hydrogen (secondary N) is 1. The number of amides is 2. The molecule has 1 heterocycles. The van der Waals surface area contributed by atoms with Gasteiger partial charge in [0.25, 0.3) is 5.91 Å². The van der Waals surface area contributed by atoms with Crippen molar-refractivity contribution in [3.05, 3.63) is 54.6 Å². The van der Waals surface area contributed by atoms with Gasteiger partial charge in [-0.1, -0.05) is 18.2 Å². The van der Waals surface area contributed by atoms with Crippen LogP contribution in [0.1, 0.15) is 13.3 Å². The van der Waals surface area contributed by atoms with Crippen LogP contribution in [-0.4, -0.2) is 37.6 Å². The fourth-order valence-electron chi connectivity index (χ4n) is 2.88. The molecule has 6 heteroatoms. The van der Waals surface area contributed by atoms with E-state index >= 15 is 0 Å². The van der Waals surface area contributed by atoms with E-state index in [9.17, 15) is 9.59 Å². The van der Waals surface area contributed by atoms with Crippen molar-refractivity contribution in [3.8, 4) is 11.5 Å². The highest BCUT2D eigenvalue weighted by atomic mass is 16.5. The van der Waals surface area contributed by atoms with E-state index in [1.165, 1.54) is 0 Å². The lowest BCUT2D eigenvalue weighted by molar-refractivity contribution is -0.123. The first-order valence-corrected chi connectivity index (χ1v) is 8.66. The minimum atomic E-state index is -0.244. The van der Waals surface area contributed by atoms with Gasteiger partial charge >= 0.3 is 0 Å². The molecule has 0 bridgehead atoms. The Kier molecular flexibility index (Phi) is 5.73. The maximum atomic E-state index is 12.2. The molecule has 0 saturated carbocycles. The van der Waals surface area contributed by atoms with Gasteiger partial charge in [0.15, 0.2) is 6.61 Å². The molecule has 1 N–H and O–H groups in total. The van der Waals surface area contributed by atoms with Gasteiger partial charge in [0.2, 0.25) is 5.91 Å². The first kappa shape index (κ1) is 17.8. The Bertz CT molecular complexity index is 746. The summed E-state index contributed by atoms with van der Waals surface area (Å²) < 4.78 is 10.8. The van der Waals surface area contributed by atoms with Gasteiger partial charge in [0, 0.05) is 18.7 Å². The smallest absolute Gasteiger partial charge is 0.258 e. The molecule has 136 valence electrons. The molecule has 1 fully saturated rings. The maximum Gasteiger partial charge on any atom is 0.258 e. The fraction of sp³-hybridized carbons (Fsp3) is 0.300. The molecule has 0 aromatic heterocycles. The van der Waals surface area contributed by atoms with Crippen LogP contribution in [-0.2, 0) is 9.59 Å². The van der Waals surface area contributed by atoms with Crippen LogP contribution in [0.25, 0.3) is 0 Å². The van der Waals surface area contributed by atoms with E-state index in [4.69, 9.17) is 9.47 Å². The van der Waals surface area contributed by atoms with E-state index in [2.05, 4.69) is 5.32 Å². The number of rotatable bonds is 7. The Morgan fingerprint density at radius 1 is 1.08 bits per heavy atom. The van der Waals surface area contributed by atoms with E-state index in [0.717, 1.165) is 11.4 Å². The number of ether oxygens (including phenoxy) is 2. The summed E-state index contributed by atoms with van der Waals surface area (Å²) in [5.74, 6) is 1.12. The molecule has 2 aromatic carbocycles. The van der Waals surface area contributed by atoms with E-state index in [1.54, 1.807) is 29.2 Å². The average Bonchev–Trinajstić information content (AvgIpc) is 3.02. The maximum absolute atomic E-state index is 12.2. The lowest BCUT2D eigenvalue weighted by Crippen LogP contribution is -2.39. The zero-order chi connectivity index (χ0) is 18.4. The minimum Gasteiger partial charge on any atom is -0.494 e. The summed E-state index contributed by atoms with van der Waals surface area (Å²) in [4.78, 5) is 26.0. The largest absolute Gasteiger partial charge is 0.494 e. The zero-order valence-corrected chi connectivity index (χ0v) is 14.7. The lowest BCUT2D eigenvalue weighted by atomic mass is 10.2. The molecule has 0 aliphatic carbocycles. The van der Waals surface area contributed by atoms with Crippen LogP contribution in [0.15, 0.2) is 54.6 Å². The molecule has 1 aliphatic rings. The van der Waals surface area contributed by atoms with Gasteiger partial charge in [-0.15, -0.1) is 0 Å². The van der Waals surface area contributed by atoms with Crippen molar-refractivity contribution in [2.45, 2.75) is 19.4 Å². The Balaban J connectivity index is 1.47. The van der Waals surface area contributed by atoms with Crippen molar-refractivity contribution in [1.82, 2.24) is 5.32 Å². The van der Waals surface area contributed by atoms with Gasteiger partial charge in [-0.2, -0.15) is 0 Å². The van der Waals surface area contributed by atoms with Crippen LogP contribution in [0.2, 0.25) is 0 Å². The number of benzene rings is 2. The van der Waals surface area contributed by atoms with Gasteiger partial charge in [0.1, 0.15) is 11.5 Å². The summed E-state index contributed by atoms with van der Waals surface area (Å²) in [7, 11) is 0. The summed E-state index contributed by atoms with van der Waals surface area (Å²) in [5, 5.41) is 2.86. The number of anilines is 1. The van der Waals surface area contributed by atoms with Crippen molar-refractivity contribution in [1.29, 1.82) is 0 Å². The summed E-state index contributed by atoms with van der Waals surface area (Å²) in [6.45, 7) is 2.89. The summed E-state index contributed by atoms with van der Waals surface area (Å²) in [6.07, 6.45) is 0.295. The number of carbonyl (C=O) groups excluding carboxylic acids is 2. The van der Waals surface area contributed by atoms with Crippen LogP contribution in [0.3, 0.4) is 0 Å². The molecule has 0 spiro atoms. The lowest BCUT2D eigenvalue weighted by Gasteiger charge is -2.17. The highest BCUT2D eigenvalue weighted by Crippen LogP contribution is 2.21. The van der Waals surface area contributed by atoms with Gasteiger partial charge in [-0.25, -0.2) is 0 Å². The minimum absolute atomic E-state index is 0.00827. The molecule has 1 saturated heterocycles. The molecular formula is C20H22N2O4. The van der Waals surface area contributed by atoms with Crippen molar-refractivity contribution in [2.75, 3.05) is 24.7 Å². The van der Waals surface area contributed by atoms with Crippen LogP contribution in [0.4, 0.5) is 5.69 Å². The summed E-state index contributed by atoms with van der Waals surface area (Å²) in [6, 6.07) is 16.4. The molecule has 26 heavy (non-hydrogen) atoms. The Hall–Kier alpha value is -3.02. The summed E-state index contributed by atoms with van der Waals surface area (Å²) in [5.41, 5.74) is 0.847. The SMILES string of the molecule is CCOc1ccc(OCC(=O)N[C@@H]2CC(=O)N(c3ccccc3)C2)cc1. The number of para-hydroxylation sites is 1. The van der Waals surface area contributed by atoms with E-state index in [-0.39, 0.29) is 24.5 Å². The highest BCUT2D eigenvalue weighted by molar-refractivity contribution is 5.96.